The third-order valence-corrected chi connectivity index (χ3v) is 3.85. The van der Waals surface area contributed by atoms with Crippen molar-refractivity contribution >= 4 is 11.4 Å². The fourth-order valence-electron chi connectivity index (χ4n) is 2.87. The zero-order valence-corrected chi connectivity index (χ0v) is 10.2. The lowest BCUT2D eigenvalue weighted by Crippen LogP contribution is -2.25. The van der Waals surface area contributed by atoms with Gasteiger partial charge < -0.3 is 15.4 Å². The van der Waals surface area contributed by atoms with Gasteiger partial charge >= 0.3 is 0 Å². The topological polar surface area (TPSA) is 38.5 Å². The molecule has 0 aromatic heterocycles. The standard InChI is InChI=1S/C14H20N2O/c15-12-4-3-11-5-7-16(14(11)10-12)8-6-13-2-1-9-17-13/h3-4,10,13H,1-2,5-9,15H2. The smallest absolute Gasteiger partial charge is 0.0592 e. The van der Waals surface area contributed by atoms with Gasteiger partial charge in [0.1, 0.15) is 0 Å². The minimum atomic E-state index is 0.486. The summed E-state index contributed by atoms with van der Waals surface area (Å²) in [7, 11) is 0. The molecular formula is C14H20N2O. The molecule has 2 aliphatic heterocycles. The lowest BCUT2D eigenvalue weighted by atomic mass is 10.1. The second-order valence-corrected chi connectivity index (χ2v) is 5.05. The molecule has 0 bridgehead atoms. The van der Waals surface area contributed by atoms with Gasteiger partial charge in [-0.25, -0.2) is 0 Å². The quantitative estimate of drug-likeness (QED) is 0.812. The number of hydrogen-bond acceptors (Lipinski definition) is 3. The van der Waals surface area contributed by atoms with Gasteiger partial charge in [0.2, 0.25) is 0 Å². The molecule has 0 amide bonds. The molecule has 1 aromatic rings. The molecule has 1 unspecified atom stereocenters. The maximum absolute atomic E-state index is 5.86. The molecule has 2 heterocycles. The summed E-state index contributed by atoms with van der Waals surface area (Å²) in [5, 5.41) is 0. The summed E-state index contributed by atoms with van der Waals surface area (Å²) in [5.74, 6) is 0. The Bertz CT molecular complexity index is 399. The van der Waals surface area contributed by atoms with Gasteiger partial charge in [-0.1, -0.05) is 6.07 Å². The average Bonchev–Trinajstić information content (AvgIpc) is 2.94. The first-order chi connectivity index (χ1) is 8.33. The minimum Gasteiger partial charge on any atom is -0.399 e. The Balaban J connectivity index is 1.64. The number of ether oxygens (including phenoxy) is 1. The Hall–Kier alpha value is -1.22. The van der Waals surface area contributed by atoms with E-state index < -0.39 is 0 Å². The molecule has 3 heteroatoms. The fraction of sp³-hybridized carbons (Fsp3) is 0.571. The maximum atomic E-state index is 5.86. The summed E-state index contributed by atoms with van der Waals surface area (Å²) >= 11 is 0. The van der Waals surface area contributed by atoms with Crippen LogP contribution < -0.4 is 10.6 Å². The number of anilines is 2. The summed E-state index contributed by atoms with van der Waals surface area (Å²) in [6.07, 6.45) is 5.25. The highest BCUT2D eigenvalue weighted by molar-refractivity contribution is 5.64. The second-order valence-electron chi connectivity index (χ2n) is 5.05. The van der Waals surface area contributed by atoms with E-state index >= 15 is 0 Å². The van der Waals surface area contributed by atoms with Crippen LogP contribution in [0.2, 0.25) is 0 Å². The fourth-order valence-corrected chi connectivity index (χ4v) is 2.87. The predicted octanol–water partition coefficient (Wildman–Crippen LogP) is 2.20. The molecular weight excluding hydrogens is 212 g/mol. The molecule has 3 nitrogen and oxygen atoms in total. The molecule has 0 saturated carbocycles. The molecule has 0 spiro atoms. The van der Waals surface area contributed by atoms with Crippen LogP contribution in [-0.4, -0.2) is 25.8 Å². The average molecular weight is 232 g/mol. The van der Waals surface area contributed by atoms with Crippen LogP contribution in [0.3, 0.4) is 0 Å². The van der Waals surface area contributed by atoms with Crippen molar-refractivity contribution < 1.29 is 4.74 Å². The molecule has 2 aliphatic rings. The van der Waals surface area contributed by atoms with E-state index in [1.54, 1.807) is 0 Å². The third-order valence-electron chi connectivity index (χ3n) is 3.85. The molecule has 1 fully saturated rings. The number of nitrogens with zero attached hydrogens (tertiary/aromatic N) is 1. The van der Waals surface area contributed by atoms with E-state index in [0.717, 1.165) is 38.2 Å². The maximum Gasteiger partial charge on any atom is 0.0592 e. The van der Waals surface area contributed by atoms with Gasteiger partial charge in [-0.3, -0.25) is 0 Å². The molecule has 1 aromatic carbocycles. The lowest BCUT2D eigenvalue weighted by Gasteiger charge is -2.21. The van der Waals surface area contributed by atoms with E-state index in [1.165, 1.54) is 24.1 Å². The van der Waals surface area contributed by atoms with Gasteiger partial charge in [-0.05, 0) is 43.4 Å². The van der Waals surface area contributed by atoms with Gasteiger partial charge in [0.05, 0.1) is 6.10 Å². The highest BCUT2D eigenvalue weighted by atomic mass is 16.5. The van der Waals surface area contributed by atoms with Crippen LogP contribution in [0, 0.1) is 0 Å². The Morgan fingerprint density at radius 1 is 1.41 bits per heavy atom. The minimum absolute atomic E-state index is 0.486. The zero-order chi connectivity index (χ0) is 11.7. The van der Waals surface area contributed by atoms with Crippen LogP contribution in [0.25, 0.3) is 0 Å². The number of hydrogen-bond donors (Lipinski definition) is 1. The first kappa shape index (κ1) is 10.9. The Morgan fingerprint density at radius 2 is 2.35 bits per heavy atom. The predicted molar refractivity (Wildman–Crippen MR) is 70.4 cm³/mol. The molecule has 17 heavy (non-hydrogen) atoms. The normalized spacial score (nSPS) is 23.1. The molecule has 0 radical (unpaired) electrons. The van der Waals surface area contributed by atoms with Crippen molar-refractivity contribution in [1.29, 1.82) is 0 Å². The van der Waals surface area contributed by atoms with Crippen molar-refractivity contribution in [3.05, 3.63) is 23.8 Å². The van der Waals surface area contributed by atoms with Crippen molar-refractivity contribution in [2.75, 3.05) is 30.3 Å². The Kier molecular flexibility index (Phi) is 2.93. The monoisotopic (exact) mass is 232 g/mol. The van der Waals surface area contributed by atoms with E-state index in [-0.39, 0.29) is 0 Å². The van der Waals surface area contributed by atoms with Gasteiger partial charge in [0.15, 0.2) is 0 Å². The van der Waals surface area contributed by atoms with Crippen LogP contribution in [0.4, 0.5) is 11.4 Å². The first-order valence-electron chi connectivity index (χ1n) is 6.58. The molecule has 92 valence electrons. The van der Waals surface area contributed by atoms with Crippen molar-refractivity contribution in [2.45, 2.75) is 31.8 Å². The summed E-state index contributed by atoms with van der Waals surface area (Å²) in [6, 6.07) is 6.27. The van der Waals surface area contributed by atoms with E-state index in [4.69, 9.17) is 10.5 Å². The first-order valence-corrected chi connectivity index (χ1v) is 6.58. The summed E-state index contributed by atoms with van der Waals surface area (Å²) in [4.78, 5) is 2.45. The van der Waals surface area contributed by atoms with Gasteiger partial charge in [-0.15, -0.1) is 0 Å². The number of benzene rings is 1. The molecule has 2 N–H and O–H groups in total. The molecule has 1 atom stereocenters. The zero-order valence-electron chi connectivity index (χ0n) is 10.2. The summed E-state index contributed by atoms with van der Waals surface area (Å²) in [5.41, 5.74) is 9.50. The Labute approximate surface area is 103 Å². The largest absolute Gasteiger partial charge is 0.399 e. The third kappa shape index (κ3) is 2.25. The van der Waals surface area contributed by atoms with E-state index in [2.05, 4.69) is 17.0 Å². The highest BCUT2D eigenvalue weighted by Crippen LogP contribution is 2.30. The Morgan fingerprint density at radius 3 is 3.18 bits per heavy atom. The van der Waals surface area contributed by atoms with Crippen LogP contribution in [0.15, 0.2) is 18.2 Å². The number of fused-ring (bicyclic) bond motifs is 1. The van der Waals surface area contributed by atoms with Crippen LogP contribution in [-0.2, 0) is 11.2 Å². The van der Waals surface area contributed by atoms with E-state index in [1.807, 2.05) is 6.07 Å². The molecule has 0 aliphatic carbocycles. The SMILES string of the molecule is Nc1ccc2c(c1)N(CCC1CCCO1)CC2. The van der Waals surface area contributed by atoms with Crippen molar-refractivity contribution in [1.82, 2.24) is 0 Å². The van der Waals surface area contributed by atoms with Crippen LogP contribution in [0.5, 0.6) is 0 Å². The van der Waals surface area contributed by atoms with Crippen LogP contribution in [0.1, 0.15) is 24.8 Å². The van der Waals surface area contributed by atoms with Gasteiger partial charge in [-0.2, -0.15) is 0 Å². The van der Waals surface area contributed by atoms with Crippen LogP contribution >= 0.6 is 0 Å². The highest BCUT2D eigenvalue weighted by Gasteiger charge is 2.21. The van der Waals surface area contributed by atoms with Crippen molar-refractivity contribution in [2.24, 2.45) is 0 Å². The van der Waals surface area contributed by atoms with Gasteiger partial charge in [0, 0.05) is 31.1 Å². The van der Waals surface area contributed by atoms with Crippen molar-refractivity contribution in [3.8, 4) is 0 Å². The van der Waals surface area contributed by atoms with Gasteiger partial charge in [0.25, 0.3) is 0 Å². The molecule has 1 saturated heterocycles. The van der Waals surface area contributed by atoms with Crippen molar-refractivity contribution in [3.63, 3.8) is 0 Å². The lowest BCUT2D eigenvalue weighted by molar-refractivity contribution is 0.106. The summed E-state index contributed by atoms with van der Waals surface area (Å²) in [6.45, 7) is 3.18. The second kappa shape index (κ2) is 4.57. The van der Waals surface area contributed by atoms with E-state index in [9.17, 15) is 0 Å². The molecule has 3 rings (SSSR count). The number of rotatable bonds is 3. The number of nitrogen functional groups attached to an aromatic ring is 1. The van der Waals surface area contributed by atoms with E-state index in [0.29, 0.717) is 6.10 Å². The summed E-state index contributed by atoms with van der Waals surface area (Å²) < 4.78 is 5.67. The number of nitrogens with two attached hydrogens (primary N) is 1.